The second-order valence-electron chi connectivity index (χ2n) is 4.80. The molecule has 0 spiro atoms. The van der Waals surface area contributed by atoms with Gasteiger partial charge >= 0.3 is 0 Å². The van der Waals surface area contributed by atoms with Crippen molar-refractivity contribution < 1.29 is 9.84 Å². The fourth-order valence-electron chi connectivity index (χ4n) is 2.56. The third-order valence-electron chi connectivity index (χ3n) is 3.61. The molecule has 5 heteroatoms. The summed E-state index contributed by atoms with van der Waals surface area (Å²) >= 11 is 0. The fourth-order valence-corrected chi connectivity index (χ4v) is 2.56. The van der Waals surface area contributed by atoms with Gasteiger partial charge < -0.3 is 20.5 Å². The molecule has 2 rings (SSSR count). The third-order valence-corrected chi connectivity index (χ3v) is 3.61. The van der Waals surface area contributed by atoms with Gasteiger partial charge in [-0.3, -0.25) is 4.90 Å². The summed E-state index contributed by atoms with van der Waals surface area (Å²) in [7, 11) is 1.64. The number of β-amino-alcohol motifs (C(OH)–C–C–N with tert-alkyl or cyclic N) is 1. The number of nitrogens with two attached hydrogens (primary N) is 1. The molecule has 1 heterocycles. The zero-order valence-corrected chi connectivity index (χ0v) is 11.5. The molecule has 5 nitrogen and oxygen atoms in total. The standard InChI is InChI=1S/C14H23N3O2/c1-19-13-5-2-4-12(14(13)15)17-7-3-6-16(8-9-17)10-11-18/h2,4-5,18H,3,6-11,15H2,1H3. The van der Waals surface area contributed by atoms with Crippen LogP contribution in [0.15, 0.2) is 18.2 Å². The number of para-hydroxylation sites is 1. The lowest BCUT2D eigenvalue weighted by atomic mass is 10.2. The zero-order valence-electron chi connectivity index (χ0n) is 11.5. The Morgan fingerprint density at radius 1 is 1.26 bits per heavy atom. The maximum Gasteiger partial charge on any atom is 0.143 e. The zero-order chi connectivity index (χ0) is 13.7. The van der Waals surface area contributed by atoms with Crippen LogP contribution in [0.3, 0.4) is 0 Å². The van der Waals surface area contributed by atoms with Gasteiger partial charge in [-0.15, -0.1) is 0 Å². The number of hydrogen-bond acceptors (Lipinski definition) is 5. The molecule has 3 N–H and O–H groups in total. The number of ether oxygens (including phenoxy) is 1. The Kier molecular flexibility index (Phi) is 4.87. The first-order valence-electron chi connectivity index (χ1n) is 6.77. The van der Waals surface area contributed by atoms with Gasteiger partial charge in [0.15, 0.2) is 0 Å². The highest BCUT2D eigenvalue weighted by atomic mass is 16.5. The molecule has 0 radical (unpaired) electrons. The number of aliphatic hydroxyl groups is 1. The lowest BCUT2D eigenvalue weighted by Crippen LogP contribution is -2.32. The summed E-state index contributed by atoms with van der Waals surface area (Å²) in [6, 6.07) is 5.90. The molecule has 0 unspecified atom stereocenters. The number of methoxy groups -OCH3 is 1. The van der Waals surface area contributed by atoms with E-state index in [-0.39, 0.29) is 6.61 Å². The molecule has 1 aliphatic heterocycles. The predicted molar refractivity (Wildman–Crippen MR) is 77.8 cm³/mol. The van der Waals surface area contributed by atoms with E-state index < -0.39 is 0 Å². The third kappa shape index (κ3) is 3.30. The minimum atomic E-state index is 0.224. The van der Waals surface area contributed by atoms with E-state index in [4.69, 9.17) is 15.6 Å². The van der Waals surface area contributed by atoms with Crippen LogP contribution >= 0.6 is 0 Å². The normalized spacial score (nSPS) is 17.3. The average Bonchev–Trinajstić information content (AvgIpc) is 2.65. The largest absolute Gasteiger partial charge is 0.495 e. The molecule has 0 aromatic heterocycles. The summed E-state index contributed by atoms with van der Waals surface area (Å²) in [6.07, 6.45) is 1.08. The Balaban J connectivity index is 2.10. The van der Waals surface area contributed by atoms with Crippen LogP contribution in [0, 0.1) is 0 Å². The topological polar surface area (TPSA) is 62.0 Å². The summed E-state index contributed by atoms with van der Waals surface area (Å²) in [5.41, 5.74) is 7.90. The molecule has 0 amide bonds. The van der Waals surface area contributed by atoms with Crippen molar-refractivity contribution in [1.29, 1.82) is 0 Å². The Bertz CT molecular complexity index is 412. The van der Waals surface area contributed by atoms with Gasteiger partial charge in [0.1, 0.15) is 5.75 Å². The van der Waals surface area contributed by atoms with Crippen molar-refractivity contribution in [2.75, 3.05) is 57.1 Å². The minimum Gasteiger partial charge on any atom is -0.495 e. The van der Waals surface area contributed by atoms with Crippen LogP contribution in [0.5, 0.6) is 5.75 Å². The van der Waals surface area contributed by atoms with Crippen LogP contribution in [-0.4, -0.2) is 56.4 Å². The SMILES string of the molecule is COc1cccc(N2CCCN(CCO)CC2)c1N. The van der Waals surface area contributed by atoms with E-state index in [0.29, 0.717) is 5.69 Å². The van der Waals surface area contributed by atoms with Crippen molar-refractivity contribution >= 4 is 11.4 Å². The van der Waals surface area contributed by atoms with E-state index in [9.17, 15) is 0 Å². The highest BCUT2D eigenvalue weighted by molar-refractivity contribution is 5.74. The van der Waals surface area contributed by atoms with Crippen LogP contribution in [0.25, 0.3) is 0 Å². The molecule has 19 heavy (non-hydrogen) atoms. The quantitative estimate of drug-likeness (QED) is 0.788. The molecular formula is C14H23N3O2. The lowest BCUT2D eigenvalue weighted by molar-refractivity contribution is 0.204. The van der Waals surface area contributed by atoms with Gasteiger partial charge in [-0.1, -0.05) is 6.07 Å². The Labute approximate surface area is 114 Å². The molecule has 1 aromatic carbocycles. The Morgan fingerprint density at radius 3 is 2.84 bits per heavy atom. The molecule has 1 fully saturated rings. The predicted octanol–water partition coefficient (Wildman–Crippen LogP) is 0.782. The minimum absolute atomic E-state index is 0.224. The Morgan fingerprint density at radius 2 is 2.11 bits per heavy atom. The van der Waals surface area contributed by atoms with Crippen molar-refractivity contribution in [2.24, 2.45) is 0 Å². The molecule has 1 aliphatic rings. The van der Waals surface area contributed by atoms with Crippen LogP contribution in [0.1, 0.15) is 6.42 Å². The highest BCUT2D eigenvalue weighted by Crippen LogP contribution is 2.32. The number of rotatable bonds is 4. The lowest BCUT2D eigenvalue weighted by Gasteiger charge is -2.25. The number of nitrogens with zero attached hydrogens (tertiary/aromatic N) is 2. The number of anilines is 2. The molecule has 0 atom stereocenters. The number of benzene rings is 1. The molecule has 106 valence electrons. The molecule has 0 aliphatic carbocycles. The fraction of sp³-hybridized carbons (Fsp3) is 0.571. The highest BCUT2D eigenvalue weighted by Gasteiger charge is 2.17. The summed E-state index contributed by atoms with van der Waals surface area (Å²) in [6.45, 7) is 4.87. The van der Waals surface area contributed by atoms with E-state index in [1.165, 1.54) is 0 Å². The Hall–Kier alpha value is -1.46. The molecule has 1 aromatic rings. The van der Waals surface area contributed by atoms with Crippen LogP contribution in [0.4, 0.5) is 11.4 Å². The van der Waals surface area contributed by atoms with E-state index in [0.717, 1.165) is 50.6 Å². The maximum atomic E-state index is 9.01. The van der Waals surface area contributed by atoms with Gasteiger partial charge in [0.25, 0.3) is 0 Å². The number of nitrogen functional groups attached to an aromatic ring is 1. The van der Waals surface area contributed by atoms with Gasteiger partial charge in [0.2, 0.25) is 0 Å². The first kappa shape index (κ1) is 14.0. The van der Waals surface area contributed by atoms with Crippen LogP contribution in [0.2, 0.25) is 0 Å². The molecular weight excluding hydrogens is 242 g/mol. The second kappa shape index (κ2) is 6.63. The second-order valence-corrected chi connectivity index (χ2v) is 4.80. The summed E-state index contributed by atoms with van der Waals surface area (Å²) < 4.78 is 5.27. The van der Waals surface area contributed by atoms with Gasteiger partial charge in [0.05, 0.1) is 25.1 Å². The van der Waals surface area contributed by atoms with Crippen molar-refractivity contribution in [3.63, 3.8) is 0 Å². The van der Waals surface area contributed by atoms with Gasteiger partial charge in [-0.25, -0.2) is 0 Å². The first-order valence-corrected chi connectivity index (χ1v) is 6.77. The van der Waals surface area contributed by atoms with Crippen LogP contribution in [-0.2, 0) is 0 Å². The average molecular weight is 265 g/mol. The number of hydrogen-bond donors (Lipinski definition) is 2. The van der Waals surface area contributed by atoms with E-state index in [1.54, 1.807) is 7.11 Å². The first-order chi connectivity index (χ1) is 9.26. The molecule has 1 saturated heterocycles. The van der Waals surface area contributed by atoms with Crippen molar-refractivity contribution in [3.05, 3.63) is 18.2 Å². The smallest absolute Gasteiger partial charge is 0.143 e. The summed E-state index contributed by atoms with van der Waals surface area (Å²) in [5.74, 6) is 0.731. The van der Waals surface area contributed by atoms with Gasteiger partial charge in [-0.05, 0) is 25.1 Å². The monoisotopic (exact) mass is 265 g/mol. The number of aliphatic hydroxyl groups excluding tert-OH is 1. The maximum absolute atomic E-state index is 9.01. The van der Waals surface area contributed by atoms with Gasteiger partial charge in [-0.2, -0.15) is 0 Å². The molecule has 0 bridgehead atoms. The molecule has 0 saturated carbocycles. The summed E-state index contributed by atoms with van der Waals surface area (Å²) in [5, 5.41) is 9.01. The van der Waals surface area contributed by atoms with Crippen molar-refractivity contribution in [1.82, 2.24) is 4.90 Å². The van der Waals surface area contributed by atoms with Gasteiger partial charge in [0, 0.05) is 26.2 Å². The van der Waals surface area contributed by atoms with Crippen LogP contribution < -0.4 is 15.4 Å². The van der Waals surface area contributed by atoms with Crippen molar-refractivity contribution in [2.45, 2.75) is 6.42 Å². The summed E-state index contributed by atoms with van der Waals surface area (Å²) in [4.78, 5) is 4.59. The van der Waals surface area contributed by atoms with E-state index in [1.807, 2.05) is 18.2 Å². The van der Waals surface area contributed by atoms with Crippen molar-refractivity contribution in [3.8, 4) is 5.75 Å². The van der Waals surface area contributed by atoms with E-state index >= 15 is 0 Å². The van der Waals surface area contributed by atoms with E-state index in [2.05, 4.69) is 9.80 Å².